The lowest BCUT2D eigenvalue weighted by atomic mass is 10.1. The van der Waals surface area contributed by atoms with Crippen LogP contribution in [0.15, 0.2) is 24.3 Å². The minimum atomic E-state index is -0.404. The number of carbonyl (C=O) groups excluding carboxylic acids is 6. The summed E-state index contributed by atoms with van der Waals surface area (Å²) >= 11 is 0. The zero-order chi connectivity index (χ0) is 22.6. The van der Waals surface area contributed by atoms with Crippen LogP contribution in [-0.2, 0) is 38.2 Å². The molecular weight excluding hydrogens is 408 g/mol. The van der Waals surface area contributed by atoms with Crippen LogP contribution in [0.1, 0.15) is 44.9 Å². The molecule has 0 atom stereocenters. The van der Waals surface area contributed by atoms with Crippen LogP contribution in [0.2, 0.25) is 0 Å². The Labute approximate surface area is 179 Å². The second kappa shape index (κ2) is 12.4. The van der Waals surface area contributed by atoms with Gasteiger partial charge in [0.1, 0.15) is 13.2 Å². The van der Waals surface area contributed by atoms with Crippen LogP contribution in [-0.4, -0.2) is 71.7 Å². The molecule has 0 unspecified atom stereocenters. The monoisotopic (exact) mass is 434 g/mol. The fraction of sp³-hybridized carbons (Fsp3) is 0.524. The Hall–Kier alpha value is -3.30. The van der Waals surface area contributed by atoms with Crippen molar-refractivity contribution < 1.29 is 38.2 Å². The smallest absolute Gasteiger partial charge is 0.305 e. The van der Waals surface area contributed by atoms with Gasteiger partial charge in [0.05, 0.1) is 13.1 Å². The molecule has 0 spiro atoms. The van der Waals surface area contributed by atoms with Crippen molar-refractivity contribution >= 4 is 35.6 Å². The number of rotatable bonds is 14. The van der Waals surface area contributed by atoms with Gasteiger partial charge in [-0.05, 0) is 12.8 Å². The average Bonchev–Trinajstić information content (AvgIpc) is 3.23. The molecule has 168 valence electrons. The van der Waals surface area contributed by atoms with Crippen molar-refractivity contribution in [1.29, 1.82) is 0 Å². The highest BCUT2D eigenvalue weighted by molar-refractivity contribution is 6.13. The van der Waals surface area contributed by atoms with E-state index >= 15 is 0 Å². The van der Waals surface area contributed by atoms with Crippen molar-refractivity contribution in [2.45, 2.75) is 44.9 Å². The fourth-order valence-electron chi connectivity index (χ4n) is 3.02. The average molecular weight is 434 g/mol. The molecule has 2 aliphatic rings. The summed E-state index contributed by atoms with van der Waals surface area (Å²) in [6, 6.07) is 0. The summed E-state index contributed by atoms with van der Waals surface area (Å²) in [6.45, 7) is 0.0650. The molecule has 4 amide bonds. The van der Waals surface area contributed by atoms with Gasteiger partial charge in [-0.3, -0.25) is 38.6 Å². The summed E-state index contributed by atoms with van der Waals surface area (Å²) < 4.78 is 10.0. The molecule has 0 radical (unpaired) electrons. The maximum atomic E-state index is 11.7. The van der Waals surface area contributed by atoms with E-state index in [1.165, 1.54) is 24.3 Å². The molecule has 10 nitrogen and oxygen atoms in total. The van der Waals surface area contributed by atoms with Gasteiger partial charge in [0.25, 0.3) is 23.6 Å². The Kier molecular flexibility index (Phi) is 9.60. The number of imide groups is 2. The van der Waals surface area contributed by atoms with Gasteiger partial charge >= 0.3 is 11.9 Å². The number of hydrogen-bond acceptors (Lipinski definition) is 8. The molecular formula is C21H26N2O8. The molecule has 2 aliphatic heterocycles. The standard InChI is InChI=1S/C21H26N2O8/c24-16-8-9-17(25)22(16)12-14-30-20(28)6-4-2-1-3-5-7-21(29)31-15-13-23-18(26)10-11-19(23)27/h8-11H,1-7,12-15H2. The molecule has 0 saturated heterocycles. The number of ether oxygens (including phenoxy) is 2. The number of amides is 4. The van der Waals surface area contributed by atoms with Gasteiger partial charge in [0.15, 0.2) is 0 Å². The Morgan fingerprint density at radius 2 is 0.903 bits per heavy atom. The zero-order valence-electron chi connectivity index (χ0n) is 17.2. The third-order valence-corrected chi connectivity index (χ3v) is 4.72. The maximum Gasteiger partial charge on any atom is 0.305 e. The highest BCUT2D eigenvalue weighted by Crippen LogP contribution is 2.09. The molecule has 31 heavy (non-hydrogen) atoms. The first-order valence-electron chi connectivity index (χ1n) is 10.3. The zero-order valence-corrected chi connectivity index (χ0v) is 17.2. The lowest BCUT2D eigenvalue weighted by Crippen LogP contribution is -2.33. The second-order valence-corrected chi connectivity index (χ2v) is 7.03. The summed E-state index contributed by atoms with van der Waals surface area (Å²) in [5.74, 6) is -2.36. The highest BCUT2D eigenvalue weighted by Gasteiger charge is 2.23. The molecule has 0 N–H and O–H groups in total. The molecule has 0 saturated carbocycles. The van der Waals surface area contributed by atoms with Crippen molar-refractivity contribution in [3.8, 4) is 0 Å². The lowest BCUT2D eigenvalue weighted by molar-refractivity contribution is -0.147. The van der Waals surface area contributed by atoms with Crippen molar-refractivity contribution in [3.63, 3.8) is 0 Å². The molecule has 0 fully saturated rings. The minimum Gasteiger partial charge on any atom is -0.464 e. The van der Waals surface area contributed by atoms with E-state index in [9.17, 15) is 28.8 Å². The van der Waals surface area contributed by atoms with E-state index in [-0.39, 0.29) is 51.1 Å². The summed E-state index contributed by atoms with van der Waals surface area (Å²) in [6.07, 6.45) is 9.01. The molecule has 0 aromatic rings. The van der Waals surface area contributed by atoms with Crippen LogP contribution in [0.5, 0.6) is 0 Å². The van der Waals surface area contributed by atoms with E-state index in [2.05, 4.69) is 0 Å². The van der Waals surface area contributed by atoms with Gasteiger partial charge in [-0.15, -0.1) is 0 Å². The van der Waals surface area contributed by atoms with Gasteiger partial charge in [0.2, 0.25) is 0 Å². The highest BCUT2D eigenvalue weighted by atomic mass is 16.5. The molecule has 2 heterocycles. The van der Waals surface area contributed by atoms with E-state index < -0.39 is 23.6 Å². The first kappa shape index (κ1) is 24.0. The van der Waals surface area contributed by atoms with Gasteiger partial charge in [-0.2, -0.15) is 0 Å². The number of carbonyl (C=O) groups is 6. The van der Waals surface area contributed by atoms with Gasteiger partial charge in [-0.1, -0.05) is 19.3 Å². The third kappa shape index (κ3) is 8.15. The van der Waals surface area contributed by atoms with Crippen molar-refractivity contribution in [3.05, 3.63) is 24.3 Å². The maximum absolute atomic E-state index is 11.7. The van der Waals surface area contributed by atoms with Crippen LogP contribution in [0.3, 0.4) is 0 Å². The first-order chi connectivity index (χ1) is 14.9. The van der Waals surface area contributed by atoms with Crippen molar-refractivity contribution in [2.75, 3.05) is 26.3 Å². The van der Waals surface area contributed by atoms with E-state index in [0.29, 0.717) is 12.8 Å². The minimum absolute atomic E-state index is 0.0172. The molecule has 0 aromatic heterocycles. The Morgan fingerprint density at radius 3 is 1.26 bits per heavy atom. The van der Waals surface area contributed by atoms with Crippen LogP contribution in [0.25, 0.3) is 0 Å². The van der Waals surface area contributed by atoms with Gasteiger partial charge < -0.3 is 9.47 Å². The third-order valence-electron chi connectivity index (χ3n) is 4.72. The summed E-state index contributed by atoms with van der Waals surface area (Å²) in [7, 11) is 0. The van der Waals surface area contributed by atoms with Crippen LogP contribution >= 0.6 is 0 Å². The predicted molar refractivity (Wildman–Crippen MR) is 106 cm³/mol. The quantitative estimate of drug-likeness (QED) is 0.222. The summed E-state index contributed by atoms with van der Waals surface area (Å²) in [5, 5.41) is 0. The number of esters is 2. The van der Waals surface area contributed by atoms with E-state index in [0.717, 1.165) is 29.1 Å². The molecule has 2 rings (SSSR count). The van der Waals surface area contributed by atoms with Crippen molar-refractivity contribution in [2.24, 2.45) is 0 Å². The number of hydrogen-bond donors (Lipinski definition) is 0. The first-order valence-corrected chi connectivity index (χ1v) is 10.3. The van der Waals surface area contributed by atoms with Gasteiger partial charge in [0, 0.05) is 37.1 Å². The van der Waals surface area contributed by atoms with Crippen LogP contribution in [0.4, 0.5) is 0 Å². The normalized spacial score (nSPS) is 15.4. The fourth-order valence-corrected chi connectivity index (χ4v) is 3.02. The summed E-state index contributed by atoms with van der Waals surface area (Å²) in [5.41, 5.74) is 0. The predicted octanol–water partition coefficient (Wildman–Crippen LogP) is 0.654. The Morgan fingerprint density at radius 1 is 0.581 bits per heavy atom. The molecule has 0 aliphatic carbocycles. The van der Waals surface area contributed by atoms with E-state index in [1.54, 1.807) is 0 Å². The van der Waals surface area contributed by atoms with E-state index in [1.807, 2.05) is 0 Å². The van der Waals surface area contributed by atoms with E-state index in [4.69, 9.17) is 9.47 Å². The lowest BCUT2D eigenvalue weighted by Gasteiger charge is -2.13. The SMILES string of the molecule is O=C(CCCCCCCC(=O)OCCN1C(=O)C=CC1=O)OCCN1C(=O)C=CC1=O. The Bertz CT molecular complexity index is 686. The van der Waals surface area contributed by atoms with Gasteiger partial charge in [-0.25, -0.2) is 0 Å². The largest absolute Gasteiger partial charge is 0.464 e. The Balaban J connectivity index is 1.39. The second-order valence-electron chi connectivity index (χ2n) is 7.03. The van der Waals surface area contributed by atoms with Crippen LogP contribution < -0.4 is 0 Å². The molecule has 0 aromatic carbocycles. The van der Waals surface area contributed by atoms with Crippen molar-refractivity contribution in [1.82, 2.24) is 9.80 Å². The number of unbranched alkanes of at least 4 members (excludes halogenated alkanes) is 4. The number of nitrogens with zero attached hydrogens (tertiary/aromatic N) is 2. The summed E-state index contributed by atoms with van der Waals surface area (Å²) in [4.78, 5) is 70.7. The van der Waals surface area contributed by atoms with Crippen LogP contribution in [0, 0.1) is 0 Å². The topological polar surface area (TPSA) is 127 Å². The molecule has 10 heteroatoms. The molecule has 0 bridgehead atoms.